The number of nitrogens with one attached hydrogen (secondary N) is 3. The third-order valence-electron chi connectivity index (χ3n) is 17.2. The molecule has 0 bridgehead atoms. The van der Waals surface area contributed by atoms with Gasteiger partial charge in [0.2, 0.25) is 5.91 Å². The Balaban J connectivity index is 0.542. The number of hydrogen-bond acceptors (Lipinski definition) is 10. The van der Waals surface area contributed by atoms with Crippen LogP contribution in [0.4, 0.5) is 0 Å². The van der Waals surface area contributed by atoms with E-state index >= 15 is 0 Å². The molecule has 0 spiro atoms. The maximum Gasteiger partial charge on any atom is 0.220 e. The number of ether oxygens (including phenoxy) is 2. The number of carbonyl (C=O) groups excluding carboxylic acids is 2. The topological polar surface area (TPSA) is 163 Å². The molecule has 6 aromatic heterocycles. The zero-order valence-corrected chi connectivity index (χ0v) is 47.9. The molecule has 2 aromatic carbocycles. The van der Waals surface area contributed by atoms with Gasteiger partial charge in [0.25, 0.3) is 0 Å². The number of pyridine rings is 2. The fourth-order valence-corrected chi connectivity index (χ4v) is 12.9. The summed E-state index contributed by atoms with van der Waals surface area (Å²) in [6, 6.07) is 18.1. The third kappa shape index (κ3) is 13.2. The number of unbranched alkanes of at least 4 members (excludes halogenated alkanes) is 8. The Hall–Kier alpha value is -6.58. The smallest absolute Gasteiger partial charge is 0.220 e. The predicted octanol–water partition coefficient (Wildman–Crippen LogP) is 13.1. The van der Waals surface area contributed by atoms with Crippen LogP contribution in [0.5, 0.6) is 11.5 Å². The molecule has 0 atom stereocenters. The third-order valence-corrected chi connectivity index (χ3v) is 17.2. The van der Waals surface area contributed by atoms with E-state index in [1.807, 2.05) is 12.4 Å². The number of nitrogens with zero attached hydrogens (tertiary/aromatic N) is 8. The molecular formula is C64H85N11O4. The second-order valence-corrected chi connectivity index (χ2v) is 23.3. The number of aromatic nitrogens is 8. The van der Waals surface area contributed by atoms with E-state index in [2.05, 4.69) is 121 Å². The van der Waals surface area contributed by atoms with Gasteiger partial charge in [-0.05, 0) is 160 Å². The van der Waals surface area contributed by atoms with Crippen LogP contribution in [0.25, 0.3) is 55.6 Å². The number of ketones is 1. The fraction of sp³-hybridized carbons (Fsp3) is 0.531. The van der Waals surface area contributed by atoms with Crippen molar-refractivity contribution in [3.8, 4) is 34.0 Å². The Morgan fingerprint density at radius 3 is 1.49 bits per heavy atom. The van der Waals surface area contributed by atoms with E-state index in [1.165, 1.54) is 65.1 Å². The fourth-order valence-electron chi connectivity index (χ4n) is 12.9. The first kappa shape index (κ1) is 55.7. The number of benzene rings is 2. The van der Waals surface area contributed by atoms with Crippen molar-refractivity contribution in [1.29, 1.82) is 0 Å². The number of H-pyrrole nitrogens is 2. The molecule has 3 N–H and O–H groups in total. The van der Waals surface area contributed by atoms with E-state index < -0.39 is 0 Å². The van der Waals surface area contributed by atoms with Crippen molar-refractivity contribution in [2.75, 3.05) is 60.0 Å². The summed E-state index contributed by atoms with van der Waals surface area (Å²) in [4.78, 5) is 46.7. The summed E-state index contributed by atoms with van der Waals surface area (Å²) in [5, 5.41) is 14.6. The minimum absolute atomic E-state index is 0.184. The lowest BCUT2D eigenvalue weighted by Crippen LogP contribution is -2.39. The number of fused-ring (bicyclic) bond motifs is 4. The maximum absolute atomic E-state index is 12.8. The van der Waals surface area contributed by atoms with Gasteiger partial charge in [0, 0.05) is 77.7 Å². The molecule has 10 rings (SSSR count). The number of methoxy groups -OCH3 is 2. The molecular weight excluding hydrogens is 987 g/mol. The number of aromatic amines is 2. The summed E-state index contributed by atoms with van der Waals surface area (Å²) in [5.74, 6) is 3.74. The quantitative estimate of drug-likeness (QED) is 0.0423. The van der Waals surface area contributed by atoms with Gasteiger partial charge < -0.3 is 34.6 Å². The predicted molar refractivity (Wildman–Crippen MR) is 317 cm³/mol. The second kappa shape index (κ2) is 26.1. The van der Waals surface area contributed by atoms with Gasteiger partial charge in [-0.25, -0.2) is 19.0 Å². The Morgan fingerprint density at radius 2 is 1.03 bits per heavy atom. The van der Waals surface area contributed by atoms with Crippen LogP contribution >= 0.6 is 0 Å². The Morgan fingerprint density at radius 1 is 0.582 bits per heavy atom. The van der Waals surface area contributed by atoms with E-state index in [9.17, 15) is 9.59 Å². The first-order valence-electron chi connectivity index (χ1n) is 29.8. The van der Waals surface area contributed by atoms with Crippen LogP contribution in [-0.4, -0.2) is 121 Å². The summed E-state index contributed by atoms with van der Waals surface area (Å²) in [6.07, 6.45) is 25.1. The molecule has 420 valence electrons. The average molecular weight is 1070 g/mol. The molecule has 0 radical (unpaired) electrons. The highest BCUT2D eigenvalue weighted by Gasteiger charge is 2.26. The van der Waals surface area contributed by atoms with Crippen LogP contribution in [0, 0.1) is 0 Å². The van der Waals surface area contributed by atoms with Crippen LogP contribution in [-0.2, 0) is 9.59 Å². The molecule has 2 aliphatic rings. The summed E-state index contributed by atoms with van der Waals surface area (Å²) >= 11 is 0. The molecule has 8 heterocycles. The molecule has 2 fully saturated rings. The van der Waals surface area contributed by atoms with Crippen molar-refractivity contribution in [3.63, 3.8) is 0 Å². The number of likely N-dealkylation sites (tertiary alicyclic amines) is 2. The van der Waals surface area contributed by atoms with Crippen LogP contribution in [0.15, 0.2) is 73.6 Å². The minimum atomic E-state index is 0.184. The molecule has 0 aliphatic carbocycles. The van der Waals surface area contributed by atoms with Crippen LogP contribution in [0.2, 0.25) is 0 Å². The molecule has 8 aromatic rings. The lowest BCUT2D eigenvalue weighted by Gasteiger charge is -2.32. The molecule has 2 aliphatic heterocycles. The monoisotopic (exact) mass is 1070 g/mol. The summed E-state index contributed by atoms with van der Waals surface area (Å²) in [6.45, 7) is 15.9. The highest BCUT2D eigenvalue weighted by Crippen LogP contribution is 2.42. The van der Waals surface area contributed by atoms with Crippen molar-refractivity contribution in [3.05, 3.63) is 95.8 Å². The summed E-state index contributed by atoms with van der Waals surface area (Å²) in [7, 11) is 3.35. The number of Topliss-reactive ketones (excluding diaryl/α,β-unsaturated/α-hetero) is 1. The van der Waals surface area contributed by atoms with E-state index in [-0.39, 0.29) is 5.91 Å². The van der Waals surface area contributed by atoms with Crippen LogP contribution < -0.4 is 14.8 Å². The van der Waals surface area contributed by atoms with Crippen LogP contribution in [0.3, 0.4) is 0 Å². The number of amides is 1. The summed E-state index contributed by atoms with van der Waals surface area (Å²) in [5.41, 5.74) is 13.5. The molecule has 15 nitrogen and oxygen atoms in total. The second-order valence-electron chi connectivity index (χ2n) is 23.3. The number of hydrogen-bond donors (Lipinski definition) is 3. The largest absolute Gasteiger partial charge is 0.493 e. The van der Waals surface area contributed by atoms with Crippen molar-refractivity contribution < 1.29 is 19.1 Å². The number of piperidine rings is 2. The highest BCUT2D eigenvalue weighted by molar-refractivity contribution is 5.93. The molecule has 2 saturated heterocycles. The molecule has 15 heteroatoms. The standard InChI is InChI=1S/C64H85N11O4/c1-43(2)59-52-35-47(20-22-54(52)70-61(59)49-37-56(78-5)63-66-41-68-74(63)39-49)45-24-30-72(31-25-45)29-16-18-51(76)17-14-12-10-8-7-9-11-13-15-19-58(77)65-28-34-73-32-26-46(27-33-73)48-21-23-55-53(36-48)60(44(3)4)62(71-55)50-38-57(79-6)64-67-42-69-75(64)40-50/h20-23,35-46,70-71H,7-19,24-34H2,1-6H3,(H,65,77). The zero-order chi connectivity index (χ0) is 54.8. The first-order valence-corrected chi connectivity index (χ1v) is 29.8. The van der Waals surface area contributed by atoms with Crippen LogP contribution in [0.1, 0.15) is 183 Å². The Labute approximate surface area is 466 Å². The van der Waals surface area contributed by atoms with Crippen molar-refractivity contribution in [1.82, 2.24) is 54.3 Å². The minimum Gasteiger partial charge on any atom is -0.493 e. The molecule has 79 heavy (non-hydrogen) atoms. The van der Waals surface area contributed by atoms with Gasteiger partial charge in [-0.1, -0.05) is 84.8 Å². The zero-order valence-electron chi connectivity index (χ0n) is 47.9. The SMILES string of the molecule is COc1cc(-c2[nH]c3ccc(C4CCN(CCCC(=O)CCCCCCCCCCCC(=O)NCCN5CCC(c6ccc7[nH]c(-c8cc(OC)c9ncnn9c8)c(C(C)C)c7c6)CC5)CC4)cc3c2C(C)C)cn2ncnc12. The Bertz CT molecular complexity index is 3090. The van der Waals surface area contributed by atoms with Gasteiger partial charge in [0.15, 0.2) is 22.8 Å². The van der Waals surface area contributed by atoms with Gasteiger partial charge in [-0.3, -0.25) is 9.59 Å². The van der Waals surface area contributed by atoms with E-state index in [0.717, 1.165) is 137 Å². The molecule has 0 saturated carbocycles. The first-order chi connectivity index (χ1) is 38.5. The lowest BCUT2D eigenvalue weighted by atomic mass is 9.87. The van der Waals surface area contributed by atoms with Crippen molar-refractivity contribution >= 4 is 44.8 Å². The van der Waals surface area contributed by atoms with Crippen molar-refractivity contribution in [2.45, 2.75) is 161 Å². The number of carbonyl (C=O) groups is 2. The van der Waals surface area contributed by atoms with E-state index in [4.69, 9.17) is 9.47 Å². The maximum atomic E-state index is 12.8. The highest BCUT2D eigenvalue weighted by atomic mass is 16.5. The number of rotatable bonds is 27. The summed E-state index contributed by atoms with van der Waals surface area (Å²) < 4.78 is 14.9. The van der Waals surface area contributed by atoms with Crippen molar-refractivity contribution in [2.24, 2.45) is 0 Å². The van der Waals surface area contributed by atoms with Gasteiger partial charge >= 0.3 is 0 Å². The van der Waals surface area contributed by atoms with E-state index in [1.54, 1.807) is 35.9 Å². The van der Waals surface area contributed by atoms with Gasteiger partial charge in [-0.15, -0.1) is 0 Å². The van der Waals surface area contributed by atoms with E-state index in [0.29, 0.717) is 71.6 Å². The lowest BCUT2D eigenvalue weighted by molar-refractivity contribution is -0.121. The average Bonchev–Trinajstić information content (AvgIpc) is 4.33. The van der Waals surface area contributed by atoms with Gasteiger partial charge in [-0.2, -0.15) is 10.2 Å². The molecule has 1 amide bonds. The van der Waals surface area contributed by atoms with Gasteiger partial charge in [0.1, 0.15) is 18.4 Å². The Kier molecular flexibility index (Phi) is 18.4. The normalized spacial score (nSPS) is 15.2. The molecule has 0 unspecified atom stereocenters. The van der Waals surface area contributed by atoms with Gasteiger partial charge in [0.05, 0.1) is 25.6 Å².